The minimum absolute atomic E-state index is 0.0759. The molecule has 1 aromatic heterocycles. The fourth-order valence-corrected chi connectivity index (χ4v) is 2.21. The predicted octanol–water partition coefficient (Wildman–Crippen LogP) is 1.99. The lowest BCUT2D eigenvalue weighted by molar-refractivity contribution is 0.241. The van der Waals surface area contributed by atoms with Crippen LogP contribution >= 0.6 is 0 Å². The van der Waals surface area contributed by atoms with Gasteiger partial charge in [-0.2, -0.15) is 5.10 Å². The largest absolute Gasteiger partial charge is 0.395 e. The summed E-state index contributed by atoms with van der Waals surface area (Å²) in [5.74, 6) is 0. The van der Waals surface area contributed by atoms with Crippen LogP contribution < -0.4 is 5.32 Å². The Hall–Kier alpha value is -1.65. The molecule has 1 atom stereocenters. The van der Waals surface area contributed by atoms with Crippen molar-refractivity contribution >= 4 is 0 Å². The number of nitrogens with zero attached hydrogens (tertiary/aromatic N) is 2. The summed E-state index contributed by atoms with van der Waals surface area (Å²) in [4.78, 5) is 0. The van der Waals surface area contributed by atoms with Crippen molar-refractivity contribution in [3.63, 3.8) is 0 Å². The number of benzene rings is 1. The van der Waals surface area contributed by atoms with Gasteiger partial charge in [-0.1, -0.05) is 37.3 Å². The number of nitrogens with one attached hydrogen (secondary N) is 1. The molecule has 4 nitrogen and oxygen atoms in total. The van der Waals surface area contributed by atoms with Gasteiger partial charge in [0.25, 0.3) is 0 Å². The lowest BCUT2D eigenvalue weighted by Crippen LogP contribution is -2.33. The number of aryl methyl sites for hydroxylation is 1. The smallest absolute Gasteiger partial charge is 0.0587 e. The lowest BCUT2D eigenvalue weighted by atomic mass is 10.1. The fourth-order valence-electron chi connectivity index (χ4n) is 2.21. The summed E-state index contributed by atoms with van der Waals surface area (Å²) in [6, 6.07) is 10.3. The van der Waals surface area contributed by atoms with Gasteiger partial charge in [-0.05, 0) is 18.4 Å². The van der Waals surface area contributed by atoms with Crippen molar-refractivity contribution in [2.75, 3.05) is 6.61 Å². The average molecular weight is 273 g/mol. The van der Waals surface area contributed by atoms with Crippen molar-refractivity contribution in [2.45, 2.75) is 38.9 Å². The van der Waals surface area contributed by atoms with E-state index < -0.39 is 0 Å². The van der Waals surface area contributed by atoms with Crippen LogP contribution in [0.25, 0.3) is 0 Å². The number of hydrogen-bond acceptors (Lipinski definition) is 3. The standard InChI is InChI=1S/C16H23N3O/c1-2-8-19-12-15(11-18-19)10-17-16(13-20)9-14-6-4-3-5-7-14/h3-7,11-12,16-17,20H,2,8-10,13H2,1H3/t16-/m1/s1. The van der Waals surface area contributed by atoms with Crippen LogP contribution in [0.3, 0.4) is 0 Å². The van der Waals surface area contributed by atoms with Gasteiger partial charge >= 0.3 is 0 Å². The van der Waals surface area contributed by atoms with Gasteiger partial charge in [0.05, 0.1) is 12.8 Å². The Balaban J connectivity index is 1.83. The molecule has 0 aliphatic carbocycles. The third-order valence-corrected chi connectivity index (χ3v) is 3.28. The third-order valence-electron chi connectivity index (χ3n) is 3.28. The molecule has 0 fully saturated rings. The molecule has 0 spiro atoms. The molecule has 1 heterocycles. The Morgan fingerprint density at radius 3 is 2.75 bits per heavy atom. The Kier molecular flexibility index (Phi) is 5.77. The van der Waals surface area contributed by atoms with Gasteiger partial charge in [-0.15, -0.1) is 0 Å². The Morgan fingerprint density at radius 2 is 2.05 bits per heavy atom. The van der Waals surface area contributed by atoms with Crippen LogP contribution in [0.15, 0.2) is 42.7 Å². The van der Waals surface area contributed by atoms with Gasteiger partial charge in [0.15, 0.2) is 0 Å². The summed E-state index contributed by atoms with van der Waals surface area (Å²) in [6.45, 7) is 3.97. The molecule has 20 heavy (non-hydrogen) atoms. The maximum absolute atomic E-state index is 9.47. The maximum atomic E-state index is 9.47. The second kappa shape index (κ2) is 7.82. The molecule has 0 bridgehead atoms. The highest BCUT2D eigenvalue weighted by Crippen LogP contribution is 2.04. The van der Waals surface area contributed by atoms with Crippen molar-refractivity contribution in [1.82, 2.24) is 15.1 Å². The van der Waals surface area contributed by atoms with Crippen molar-refractivity contribution in [3.05, 3.63) is 53.9 Å². The Morgan fingerprint density at radius 1 is 1.25 bits per heavy atom. The summed E-state index contributed by atoms with van der Waals surface area (Å²) in [6.07, 6.45) is 5.87. The van der Waals surface area contributed by atoms with Crippen LogP contribution in [0.4, 0.5) is 0 Å². The van der Waals surface area contributed by atoms with E-state index in [9.17, 15) is 5.11 Å². The third kappa shape index (κ3) is 4.47. The number of hydrogen-bond donors (Lipinski definition) is 2. The molecular weight excluding hydrogens is 250 g/mol. The van der Waals surface area contributed by atoms with Gasteiger partial charge in [0.1, 0.15) is 0 Å². The highest BCUT2D eigenvalue weighted by atomic mass is 16.3. The van der Waals surface area contributed by atoms with Crippen LogP contribution in [0.1, 0.15) is 24.5 Å². The van der Waals surface area contributed by atoms with E-state index >= 15 is 0 Å². The Bertz CT molecular complexity index is 495. The molecule has 0 saturated heterocycles. The highest BCUT2D eigenvalue weighted by Gasteiger charge is 2.08. The van der Waals surface area contributed by atoms with Crippen LogP contribution in [-0.4, -0.2) is 27.5 Å². The molecule has 108 valence electrons. The molecule has 0 aliphatic heterocycles. The van der Waals surface area contributed by atoms with E-state index in [0.717, 1.165) is 31.5 Å². The second-order valence-electron chi connectivity index (χ2n) is 5.06. The normalized spacial score (nSPS) is 12.5. The minimum Gasteiger partial charge on any atom is -0.395 e. The first kappa shape index (κ1) is 14.8. The zero-order valence-corrected chi connectivity index (χ0v) is 12.0. The molecule has 1 aromatic carbocycles. The summed E-state index contributed by atoms with van der Waals surface area (Å²) >= 11 is 0. The monoisotopic (exact) mass is 273 g/mol. The zero-order chi connectivity index (χ0) is 14.2. The molecule has 4 heteroatoms. The van der Waals surface area contributed by atoms with Gasteiger partial charge in [-0.3, -0.25) is 4.68 Å². The number of aliphatic hydroxyl groups is 1. The molecule has 0 unspecified atom stereocenters. The number of rotatable bonds is 8. The predicted molar refractivity (Wildman–Crippen MR) is 80.4 cm³/mol. The lowest BCUT2D eigenvalue weighted by Gasteiger charge is -2.15. The first-order chi connectivity index (χ1) is 9.81. The van der Waals surface area contributed by atoms with E-state index in [2.05, 4.69) is 35.7 Å². The topological polar surface area (TPSA) is 50.1 Å². The van der Waals surface area contributed by atoms with E-state index in [1.54, 1.807) is 0 Å². The van der Waals surface area contributed by atoms with Gasteiger partial charge in [0, 0.05) is 30.9 Å². The minimum atomic E-state index is 0.0759. The highest BCUT2D eigenvalue weighted by molar-refractivity contribution is 5.16. The molecule has 2 aromatic rings. The molecule has 0 amide bonds. The molecule has 0 saturated carbocycles. The van der Waals surface area contributed by atoms with Gasteiger partial charge in [0.2, 0.25) is 0 Å². The van der Waals surface area contributed by atoms with Crippen molar-refractivity contribution < 1.29 is 5.11 Å². The van der Waals surface area contributed by atoms with Crippen molar-refractivity contribution in [3.8, 4) is 0 Å². The van der Waals surface area contributed by atoms with Gasteiger partial charge < -0.3 is 10.4 Å². The number of aliphatic hydroxyl groups excluding tert-OH is 1. The summed E-state index contributed by atoms with van der Waals surface area (Å²) in [5, 5.41) is 17.2. The summed E-state index contributed by atoms with van der Waals surface area (Å²) in [5.41, 5.74) is 2.39. The van der Waals surface area contributed by atoms with Crippen molar-refractivity contribution in [2.24, 2.45) is 0 Å². The van der Waals surface area contributed by atoms with Crippen LogP contribution in [0, 0.1) is 0 Å². The van der Waals surface area contributed by atoms with E-state index in [-0.39, 0.29) is 12.6 Å². The maximum Gasteiger partial charge on any atom is 0.0587 e. The molecule has 0 radical (unpaired) electrons. The first-order valence-electron chi connectivity index (χ1n) is 7.21. The van der Waals surface area contributed by atoms with Crippen LogP contribution in [0.5, 0.6) is 0 Å². The molecule has 0 aliphatic rings. The van der Waals surface area contributed by atoms with Crippen LogP contribution in [-0.2, 0) is 19.5 Å². The quantitative estimate of drug-likeness (QED) is 0.773. The number of aromatic nitrogens is 2. The molecule has 2 rings (SSSR count). The summed E-state index contributed by atoms with van der Waals surface area (Å²) in [7, 11) is 0. The zero-order valence-electron chi connectivity index (χ0n) is 12.0. The van der Waals surface area contributed by atoms with E-state index in [0.29, 0.717) is 0 Å². The van der Waals surface area contributed by atoms with Crippen molar-refractivity contribution in [1.29, 1.82) is 0 Å². The van der Waals surface area contributed by atoms with E-state index in [4.69, 9.17) is 0 Å². The fraction of sp³-hybridized carbons (Fsp3) is 0.438. The first-order valence-corrected chi connectivity index (χ1v) is 7.21. The summed E-state index contributed by atoms with van der Waals surface area (Å²) < 4.78 is 1.96. The second-order valence-corrected chi connectivity index (χ2v) is 5.06. The average Bonchev–Trinajstić information content (AvgIpc) is 2.92. The van der Waals surface area contributed by atoms with Gasteiger partial charge in [-0.25, -0.2) is 0 Å². The van der Waals surface area contributed by atoms with E-state index in [1.165, 1.54) is 5.56 Å². The molecular formula is C16H23N3O. The SMILES string of the molecule is CCCn1cc(CN[C@@H](CO)Cc2ccccc2)cn1. The van der Waals surface area contributed by atoms with Crippen LogP contribution in [0.2, 0.25) is 0 Å². The Labute approximate surface area is 120 Å². The molecule has 2 N–H and O–H groups in total. The van der Waals surface area contributed by atoms with E-state index in [1.807, 2.05) is 29.1 Å².